The molecule has 2 aromatic rings. The van der Waals surface area contributed by atoms with E-state index in [2.05, 4.69) is 5.32 Å². The average molecular weight is 416 g/mol. The van der Waals surface area contributed by atoms with Crippen molar-refractivity contribution < 1.29 is 27.9 Å². The van der Waals surface area contributed by atoms with Gasteiger partial charge >= 0.3 is 5.97 Å². The van der Waals surface area contributed by atoms with Crippen LogP contribution in [-0.4, -0.2) is 35.0 Å². The quantitative estimate of drug-likeness (QED) is 0.760. The number of halogens is 2. The molecule has 0 radical (unpaired) electrons. The second kappa shape index (κ2) is 9.02. The molecular weight excluding hydrogens is 394 g/mol. The van der Waals surface area contributed by atoms with Gasteiger partial charge in [0.2, 0.25) is 11.8 Å². The molecule has 158 valence electrons. The molecule has 2 amide bonds. The number of hydrogen-bond acceptors (Lipinski definition) is 4. The summed E-state index contributed by atoms with van der Waals surface area (Å²) >= 11 is 0. The van der Waals surface area contributed by atoms with Gasteiger partial charge in [-0.15, -0.1) is 0 Å². The first kappa shape index (κ1) is 21.4. The van der Waals surface area contributed by atoms with Gasteiger partial charge in [-0.1, -0.05) is 24.3 Å². The number of nitrogens with one attached hydrogen (secondary N) is 1. The number of carbonyl (C=O) groups is 3. The molecule has 0 aromatic heterocycles. The Labute approximate surface area is 172 Å². The number of fused-ring (bicyclic) bond motifs is 1. The van der Waals surface area contributed by atoms with Crippen molar-refractivity contribution in [2.75, 3.05) is 0 Å². The smallest absolute Gasteiger partial charge is 0.304 e. The van der Waals surface area contributed by atoms with Crippen LogP contribution in [0.4, 0.5) is 8.78 Å². The summed E-state index contributed by atoms with van der Waals surface area (Å²) < 4.78 is 31.9. The molecule has 0 spiro atoms. The minimum atomic E-state index is -0.917. The monoisotopic (exact) mass is 416 g/mol. The Hall–Kier alpha value is -3.29. The van der Waals surface area contributed by atoms with Gasteiger partial charge in [-0.05, 0) is 35.7 Å². The zero-order valence-corrected chi connectivity index (χ0v) is 16.7. The first-order chi connectivity index (χ1) is 14.2. The van der Waals surface area contributed by atoms with E-state index in [4.69, 9.17) is 4.74 Å². The lowest BCUT2D eigenvalue weighted by Gasteiger charge is -2.37. The molecule has 30 heavy (non-hydrogen) atoms. The summed E-state index contributed by atoms with van der Waals surface area (Å²) in [6.07, 6.45) is -0.700. The van der Waals surface area contributed by atoms with Crippen LogP contribution in [0.5, 0.6) is 0 Å². The first-order valence-corrected chi connectivity index (χ1v) is 9.51. The SMILES string of the molecule is CC(=O)OC1Cc2ccccc2CN1C(=O)[C@H](C)NC(=O)Cc1cc(F)cc(F)c1. The van der Waals surface area contributed by atoms with E-state index in [0.29, 0.717) is 6.42 Å². The van der Waals surface area contributed by atoms with Gasteiger partial charge in [0.05, 0.1) is 6.42 Å². The lowest BCUT2D eigenvalue weighted by atomic mass is 9.98. The largest absolute Gasteiger partial charge is 0.441 e. The Kier molecular flexibility index (Phi) is 6.44. The minimum absolute atomic E-state index is 0.161. The Morgan fingerprint density at radius 2 is 1.77 bits per heavy atom. The lowest BCUT2D eigenvalue weighted by Crippen LogP contribution is -2.53. The standard InChI is InChI=1S/C22H22F2N2O4/c1-13(25-20(28)9-15-7-18(23)11-19(24)8-15)22(29)26-12-17-6-4-3-5-16(17)10-21(26)30-14(2)27/h3-8,11,13,21H,9-10,12H2,1-2H3,(H,25,28)/t13-,21?/m0/s1. The molecule has 6 nitrogen and oxygen atoms in total. The van der Waals surface area contributed by atoms with Crippen LogP contribution in [0.3, 0.4) is 0 Å². The van der Waals surface area contributed by atoms with Crippen LogP contribution in [0.2, 0.25) is 0 Å². The van der Waals surface area contributed by atoms with Gasteiger partial charge in [-0.25, -0.2) is 8.78 Å². The molecule has 0 aliphatic carbocycles. The van der Waals surface area contributed by atoms with Crippen LogP contribution >= 0.6 is 0 Å². The highest BCUT2D eigenvalue weighted by Crippen LogP contribution is 2.25. The fourth-order valence-electron chi connectivity index (χ4n) is 3.51. The molecule has 8 heteroatoms. The van der Waals surface area contributed by atoms with E-state index in [-0.39, 0.29) is 18.5 Å². The van der Waals surface area contributed by atoms with Crippen molar-refractivity contribution in [3.05, 3.63) is 70.8 Å². The van der Waals surface area contributed by atoms with Gasteiger partial charge in [0.1, 0.15) is 17.7 Å². The van der Waals surface area contributed by atoms with Crippen LogP contribution in [0.1, 0.15) is 30.5 Å². The van der Waals surface area contributed by atoms with Crippen LogP contribution in [0, 0.1) is 11.6 Å². The number of esters is 1. The summed E-state index contributed by atoms with van der Waals surface area (Å²) in [7, 11) is 0. The fourth-order valence-corrected chi connectivity index (χ4v) is 3.51. The summed E-state index contributed by atoms with van der Waals surface area (Å²) in [5.41, 5.74) is 2.08. The first-order valence-electron chi connectivity index (χ1n) is 9.51. The Bertz CT molecular complexity index is 959. The maximum Gasteiger partial charge on any atom is 0.304 e. The number of rotatable bonds is 5. The molecule has 1 unspecified atom stereocenters. The summed E-state index contributed by atoms with van der Waals surface area (Å²) in [5, 5.41) is 2.55. The highest BCUT2D eigenvalue weighted by Gasteiger charge is 2.34. The Balaban J connectivity index is 1.69. The number of hydrogen-bond donors (Lipinski definition) is 1. The maximum absolute atomic E-state index is 13.3. The zero-order valence-electron chi connectivity index (χ0n) is 16.7. The van der Waals surface area contributed by atoms with E-state index >= 15 is 0 Å². The van der Waals surface area contributed by atoms with Crippen molar-refractivity contribution in [1.29, 1.82) is 0 Å². The van der Waals surface area contributed by atoms with Crippen molar-refractivity contribution in [3.8, 4) is 0 Å². The molecule has 3 rings (SSSR count). The molecule has 0 fully saturated rings. The molecular formula is C22H22F2N2O4. The summed E-state index contributed by atoms with van der Waals surface area (Å²) in [6, 6.07) is 9.46. The van der Waals surface area contributed by atoms with Gasteiger partial charge in [-0.3, -0.25) is 14.4 Å². The summed E-state index contributed by atoms with van der Waals surface area (Å²) in [4.78, 5) is 38.2. The van der Waals surface area contributed by atoms with Crippen molar-refractivity contribution in [3.63, 3.8) is 0 Å². The van der Waals surface area contributed by atoms with E-state index in [1.807, 2.05) is 24.3 Å². The van der Waals surface area contributed by atoms with E-state index in [0.717, 1.165) is 29.3 Å². The average Bonchev–Trinajstić information content (AvgIpc) is 2.65. The van der Waals surface area contributed by atoms with Crippen molar-refractivity contribution in [2.24, 2.45) is 0 Å². The van der Waals surface area contributed by atoms with Gasteiger partial charge in [-0.2, -0.15) is 0 Å². The normalized spacial score (nSPS) is 16.4. The molecule has 0 bridgehead atoms. The van der Waals surface area contributed by atoms with Crippen LogP contribution in [0.15, 0.2) is 42.5 Å². The second-order valence-electron chi connectivity index (χ2n) is 7.25. The third kappa shape index (κ3) is 5.20. The number of nitrogens with zero attached hydrogens (tertiary/aromatic N) is 1. The zero-order chi connectivity index (χ0) is 21.8. The molecule has 2 atom stereocenters. The van der Waals surface area contributed by atoms with E-state index in [9.17, 15) is 23.2 Å². The third-order valence-electron chi connectivity index (χ3n) is 4.82. The number of carbonyl (C=O) groups excluding carboxylic acids is 3. The molecule has 1 N–H and O–H groups in total. The highest BCUT2D eigenvalue weighted by molar-refractivity contribution is 5.88. The summed E-state index contributed by atoms with van der Waals surface area (Å²) in [5.74, 6) is -3.05. The van der Waals surface area contributed by atoms with Crippen LogP contribution < -0.4 is 5.32 Å². The van der Waals surface area contributed by atoms with Crippen LogP contribution in [0.25, 0.3) is 0 Å². The van der Waals surface area contributed by atoms with Crippen molar-refractivity contribution in [2.45, 2.75) is 45.5 Å². The molecule has 0 saturated heterocycles. The third-order valence-corrected chi connectivity index (χ3v) is 4.82. The van der Waals surface area contributed by atoms with Crippen molar-refractivity contribution >= 4 is 17.8 Å². The number of amides is 2. The lowest BCUT2D eigenvalue weighted by molar-refractivity contribution is -0.166. The topological polar surface area (TPSA) is 75.7 Å². The molecule has 1 aliphatic rings. The van der Waals surface area contributed by atoms with Crippen LogP contribution in [-0.2, 0) is 38.5 Å². The second-order valence-corrected chi connectivity index (χ2v) is 7.25. The highest BCUT2D eigenvalue weighted by atomic mass is 19.1. The van der Waals surface area contributed by atoms with E-state index < -0.39 is 41.7 Å². The van der Waals surface area contributed by atoms with Gasteiger partial charge < -0.3 is 15.0 Å². The molecule has 1 aliphatic heterocycles. The maximum atomic E-state index is 13.3. The van der Waals surface area contributed by atoms with E-state index in [1.165, 1.54) is 18.7 Å². The fraction of sp³-hybridized carbons (Fsp3) is 0.318. The van der Waals surface area contributed by atoms with Gasteiger partial charge in [0.25, 0.3) is 0 Å². The number of benzene rings is 2. The molecule has 2 aromatic carbocycles. The number of ether oxygens (including phenoxy) is 1. The Morgan fingerprint density at radius 1 is 1.13 bits per heavy atom. The Morgan fingerprint density at radius 3 is 2.40 bits per heavy atom. The van der Waals surface area contributed by atoms with Gasteiger partial charge in [0.15, 0.2) is 6.23 Å². The predicted octanol–water partition coefficient (Wildman–Crippen LogP) is 2.49. The van der Waals surface area contributed by atoms with Crippen molar-refractivity contribution in [1.82, 2.24) is 10.2 Å². The van der Waals surface area contributed by atoms with Gasteiger partial charge in [0, 0.05) is 26.0 Å². The summed E-state index contributed by atoms with van der Waals surface area (Å²) in [6.45, 7) is 3.02. The molecule has 1 heterocycles. The van der Waals surface area contributed by atoms with E-state index in [1.54, 1.807) is 0 Å². The minimum Gasteiger partial charge on any atom is -0.441 e. The predicted molar refractivity (Wildman–Crippen MR) is 104 cm³/mol. The molecule has 0 saturated carbocycles.